The zero-order valence-corrected chi connectivity index (χ0v) is 8.94. The molecule has 90 valence electrons. The van der Waals surface area contributed by atoms with Gasteiger partial charge in [-0.15, -0.1) is 0 Å². The summed E-state index contributed by atoms with van der Waals surface area (Å²) in [6, 6.07) is 1.22. The molecule has 0 aliphatic heterocycles. The number of aromatic nitrogens is 1. The number of nitrogens with zero attached hydrogens (tertiary/aromatic N) is 1. The number of carboxylic acids is 1. The maximum Gasteiger partial charge on any atom is 0.329 e. The zero-order valence-electron chi connectivity index (χ0n) is 8.94. The number of carbonyl (C=O) groups is 2. The third kappa shape index (κ3) is 1.98. The number of amides is 1. The van der Waals surface area contributed by atoms with Crippen molar-refractivity contribution in [2.75, 3.05) is 0 Å². The van der Waals surface area contributed by atoms with Crippen molar-refractivity contribution in [1.82, 2.24) is 10.3 Å². The van der Waals surface area contributed by atoms with Gasteiger partial charge in [0.2, 0.25) is 0 Å². The van der Waals surface area contributed by atoms with Crippen molar-refractivity contribution >= 4 is 11.9 Å². The molecule has 1 fully saturated rings. The van der Waals surface area contributed by atoms with E-state index in [-0.39, 0.29) is 5.56 Å². The molecule has 6 heteroatoms. The summed E-state index contributed by atoms with van der Waals surface area (Å²) in [7, 11) is 0. The Hall–Kier alpha value is -1.98. The Bertz CT molecular complexity index is 472. The molecular weight excluding hydrogens is 227 g/mol. The van der Waals surface area contributed by atoms with Gasteiger partial charge in [-0.1, -0.05) is 0 Å². The van der Waals surface area contributed by atoms with Crippen LogP contribution in [0.4, 0.5) is 4.39 Å². The van der Waals surface area contributed by atoms with Gasteiger partial charge < -0.3 is 10.4 Å². The monoisotopic (exact) mass is 238 g/mol. The van der Waals surface area contributed by atoms with E-state index in [1.165, 1.54) is 12.3 Å². The van der Waals surface area contributed by atoms with Crippen molar-refractivity contribution in [3.63, 3.8) is 0 Å². The van der Waals surface area contributed by atoms with Crippen LogP contribution in [0, 0.1) is 5.82 Å². The van der Waals surface area contributed by atoms with E-state index < -0.39 is 23.2 Å². The molecule has 1 saturated carbocycles. The lowest BCUT2D eigenvalue weighted by Crippen LogP contribution is -2.59. The molecule has 1 aliphatic rings. The normalized spacial score (nSPS) is 17.0. The Morgan fingerprint density at radius 2 is 2.18 bits per heavy atom. The number of aliphatic carboxylic acids is 1. The fraction of sp³-hybridized carbons (Fsp3) is 0.364. The van der Waals surface area contributed by atoms with Crippen LogP contribution in [0.15, 0.2) is 18.5 Å². The molecule has 1 aromatic rings. The minimum Gasteiger partial charge on any atom is -0.480 e. The molecular formula is C11H11FN2O3. The van der Waals surface area contributed by atoms with Crippen molar-refractivity contribution in [2.45, 2.75) is 24.8 Å². The van der Waals surface area contributed by atoms with Gasteiger partial charge in [0.25, 0.3) is 5.91 Å². The van der Waals surface area contributed by atoms with Crippen molar-refractivity contribution in [3.8, 4) is 0 Å². The summed E-state index contributed by atoms with van der Waals surface area (Å²) in [6.07, 6.45) is 3.70. The van der Waals surface area contributed by atoms with E-state index in [2.05, 4.69) is 10.3 Å². The fourth-order valence-electron chi connectivity index (χ4n) is 1.77. The van der Waals surface area contributed by atoms with Crippen LogP contribution in [0.5, 0.6) is 0 Å². The standard InChI is InChI=1S/C11H11FN2O3/c12-8-6-13-5-2-7(8)9(15)14-11(10(16)17)3-1-4-11/h2,5-6H,1,3-4H2,(H,14,15)(H,16,17). The van der Waals surface area contributed by atoms with Gasteiger partial charge in [-0.05, 0) is 25.3 Å². The van der Waals surface area contributed by atoms with Crippen molar-refractivity contribution < 1.29 is 19.1 Å². The second-order valence-electron chi connectivity index (χ2n) is 4.05. The first-order valence-corrected chi connectivity index (χ1v) is 5.21. The third-order valence-corrected chi connectivity index (χ3v) is 2.99. The highest BCUT2D eigenvalue weighted by molar-refractivity contribution is 5.98. The van der Waals surface area contributed by atoms with Gasteiger partial charge in [-0.25, -0.2) is 9.18 Å². The number of halogens is 1. The summed E-state index contributed by atoms with van der Waals surface area (Å²) >= 11 is 0. The zero-order chi connectivity index (χ0) is 12.5. The van der Waals surface area contributed by atoms with E-state index >= 15 is 0 Å². The number of carboxylic acid groups (broad SMARTS) is 1. The minimum absolute atomic E-state index is 0.187. The fourth-order valence-corrected chi connectivity index (χ4v) is 1.77. The third-order valence-electron chi connectivity index (χ3n) is 2.99. The summed E-state index contributed by atoms with van der Waals surface area (Å²) in [6.45, 7) is 0. The molecule has 0 aromatic carbocycles. The Labute approximate surface area is 96.7 Å². The smallest absolute Gasteiger partial charge is 0.329 e. The first-order chi connectivity index (χ1) is 8.05. The summed E-state index contributed by atoms with van der Waals surface area (Å²) in [5.74, 6) is -2.55. The predicted octanol–water partition coefficient (Wildman–Crippen LogP) is 0.958. The van der Waals surface area contributed by atoms with Crippen LogP contribution >= 0.6 is 0 Å². The quantitative estimate of drug-likeness (QED) is 0.821. The highest BCUT2D eigenvalue weighted by atomic mass is 19.1. The van der Waals surface area contributed by atoms with Crippen LogP contribution < -0.4 is 5.32 Å². The van der Waals surface area contributed by atoms with Gasteiger partial charge in [-0.2, -0.15) is 0 Å². The highest BCUT2D eigenvalue weighted by Crippen LogP contribution is 2.32. The van der Waals surface area contributed by atoms with Crippen molar-refractivity contribution in [2.24, 2.45) is 0 Å². The summed E-state index contributed by atoms with van der Waals surface area (Å²) < 4.78 is 13.3. The number of hydrogen-bond acceptors (Lipinski definition) is 3. The van der Waals surface area contributed by atoms with E-state index in [1.54, 1.807) is 0 Å². The van der Waals surface area contributed by atoms with Gasteiger partial charge in [-0.3, -0.25) is 9.78 Å². The lowest BCUT2D eigenvalue weighted by molar-refractivity contribution is -0.148. The lowest BCUT2D eigenvalue weighted by atomic mass is 9.76. The number of pyridine rings is 1. The number of nitrogens with one attached hydrogen (secondary N) is 1. The lowest BCUT2D eigenvalue weighted by Gasteiger charge is -2.38. The summed E-state index contributed by atoms with van der Waals surface area (Å²) in [5.41, 5.74) is -1.42. The van der Waals surface area contributed by atoms with E-state index in [0.29, 0.717) is 12.8 Å². The molecule has 1 aliphatic carbocycles. The largest absolute Gasteiger partial charge is 0.480 e. The summed E-state index contributed by atoms with van der Waals surface area (Å²) in [5, 5.41) is 11.4. The van der Waals surface area contributed by atoms with Crippen LogP contribution in [-0.4, -0.2) is 27.5 Å². The molecule has 5 nitrogen and oxygen atoms in total. The van der Waals surface area contributed by atoms with E-state index in [1.807, 2.05) is 0 Å². The van der Waals surface area contributed by atoms with Crippen LogP contribution in [0.25, 0.3) is 0 Å². The average Bonchev–Trinajstić information content (AvgIpc) is 2.23. The molecule has 0 unspecified atom stereocenters. The molecule has 1 heterocycles. The maximum absolute atomic E-state index is 13.3. The van der Waals surface area contributed by atoms with Gasteiger partial charge in [0.05, 0.1) is 11.8 Å². The van der Waals surface area contributed by atoms with Crippen LogP contribution in [0.2, 0.25) is 0 Å². The topological polar surface area (TPSA) is 79.3 Å². The van der Waals surface area contributed by atoms with E-state index in [0.717, 1.165) is 12.6 Å². The highest BCUT2D eigenvalue weighted by Gasteiger charge is 2.45. The molecule has 0 bridgehead atoms. The molecule has 0 saturated heterocycles. The molecule has 0 spiro atoms. The average molecular weight is 238 g/mol. The van der Waals surface area contributed by atoms with Gasteiger partial charge >= 0.3 is 5.97 Å². The molecule has 0 radical (unpaired) electrons. The Kier molecular flexibility index (Phi) is 2.79. The number of hydrogen-bond donors (Lipinski definition) is 2. The maximum atomic E-state index is 13.3. The molecule has 1 aromatic heterocycles. The Morgan fingerprint density at radius 3 is 2.65 bits per heavy atom. The molecule has 17 heavy (non-hydrogen) atoms. The van der Waals surface area contributed by atoms with E-state index in [9.17, 15) is 14.0 Å². The number of rotatable bonds is 3. The molecule has 2 N–H and O–H groups in total. The van der Waals surface area contributed by atoms with Crippen LogP contribution in [0.1, 0.15) is 29.6 Å². The SMILES string of the molecule is O=C(NC1(C(=O)O)CCC1)c1ccncc1F. The summed E-state index contributed by atoms with van der Waals surface area (Å²) in [4.78, 5) is 26.3. The first-order valence-electron chi connectivity index (χ1n) is 5.21. The predicted molar refractivity (Wildman–Crippen MR) is 55.9 cm³/mol. The Morgan fingerprint density at radius 1 is 1.47 bits per heavy atom. The van der Waals surface area contributed by atoms with Crippen LogP contribution in [-0.2, 0) is 4.79 Å². The first kappa shape index (κ1) is 11.5. The van der Waals surface area contributed by atoms with Crippen molar-refractivity contribution in [3.05, 3.63) is 29.8 Å². The Balaban J connectivity index is 2.17. The van der Waals surface area contributed by atoms with Gasteiger partial charge in [0.15, 0.2) is 5.82 Å². The van der Waals surface area contributed by atoms with Gasteiger partial charge in [0.1, 0.15) is 5.54 Å². The van der Waals surface area contributed by atoms with Crippen LogP contribution in [0.3, 0.4) is 0 Å². The number of carbonyl (C=O) groups excluding carboxylic acids is 1. The second kappa shape index (κ2) is 4.12. The van der Waals surface area contributed by atoms with Crippen molar-refractivity contribution in [1.29, 1.82) is 0 Å². The minimum atomic E-state index is -1.23. The molecule has 1 amide bonds. The van der Waals surface area contributed by atoms with E-state index in [4.69, 9.17) is 5.11 Å². The second-order valence-corrected chi connectivity index (χ2v) is 4.05. The molecule has 2 rings (SSSR count). The molecule has 0 atom stereocenters. The van der Waals surface area contributed by atoms with Gasteiger partial charge in [0, 0.05) is 6.20 Å².